The van der Waals surface area contributed by atoms with Crippen molar-refractivity contribution in [2.45, 2.75) is 6.61 Å². The molecular formula is C20H14BrFO2S. The molecule has 0 fully saturated rings. The number of hydrogen-bond donors (Lipinski definition) is 0. The number of ether oxygens (including phenoxy) is 1. The van der Waals surface area contributed by atoms with Gasteiger partial charge in [0.25, 0.3) is 0 Å². The van der Waals surface area contributed by atoms with Gasteiger partial charge in [-0.3, -0.25) is 0 Å². The summed E-state index contributed by atoms with van der Waals surface area (Å²) in [6.07, 6.45) is 1.72. The van der Waals surface area contributed by atoms with Gasteiger partial charge in [-0.15, -0.1) is 11.3 Å². The van der Waals surface area contributed by atoms with Crippen molar-refractivity contribution in [3.63, 3.8) is 0 Å². The molecule has 0 N–H and O–H groups in total. The number of rotatable bonds is 5. The third kappa shape index (κ3) is 4.87. The van der Waals surface area contributed by atoms with Gasteiger partial charge in [0.1, 0.15) is 12.4 Å². The van der Waals surface area contributed by atoms with Gasteiger partial charge < -0.3 is 4.74 Å². The molecule has 0 radical (unpaired) electrons. The van der Waals surface area contributed by atoms with E-state index >= 15 is 0 Å². The number of esters is 1. The van der Waals surface area contributed by atoms with Crippen LogP contribution < -0.4 is 0 Å². The van der Waals surface area contributed by atoms with Crippen LogP contribution in [0.3, 0.4) is 0 Å². The van der Waals surface area contributed by atoms with Gasteiger partial charge in [0.2, 0.25) is 0 Å². The molecule has 2 nitrogen and oxygen atoms in total. The zero-order chi connectivity index (χ0) is 17.6. The predicted molar refractivity (Wildman–Crippen MR) is 103 cm³/mol. The van der Waals surface area contributed by atoms with E-state index in [1.54, 1.807) is 18.2 Å². The van der Waals surface area contributed by atoms with E-state index in [1.165, 1.54) is 23.5 Å². The molecule has 126 valence electrons. The smallest absolute Gasteiger partial charge is 0.339 e. The third-order valence-electron chi connectivity index (χ3n) is 3.47. The Hall–Kier alpha value is -2.24. The fourth-order valence-corrected chi connectivity index (χ4v) is 3.19. The second kappa shape index (κ2) is 8.23. The molecule has 0 amide bonds. The van der Waals surface area contributed by atoms with Gasteiger partial charge >= 0.3 is 5.97 Å². The van der Waals surface area contributed by atoms with E-state index in [0.29, 0.717) is 5.57 Å². The highest BCUT2D eigenvalue weighted by molar-refractivity contribution is 9.10. The Morgan fingerprint density at radius 3 is 2.44 bits per heavy atom. The molecule has 1 aromatic heterocycles. The van der Waals surface area contributed by atoms with Crippen molar-refractivity contribution in [1.29, 1.82) is 0 Å². The molecule has 0 unspecified atom stereocenters. The topological polar surface area (TPSA) is 26.3 Å². The van der Waals surface area contributed by atoms with Crippen molar-refractivity contribution >= 4 is 44.9 Å². The standard InChI is InChI=1S/C20H14BrFO2S/c21-16-7-3-15(4-8-16)13-24-20(23)18(19-2-1-11-25-19)12-14-5-9-17(22)10-6-14/h1-12H,13H2/b18-12+. The van der Waals surface area contributed by atoms with Crippen LogP contribution in [-0.4, -0.2) is 5.97 Å². The molecular weight excluding hydrogens is 403 g/mol. The first-order chi connectivity index (χ1) is 12.1. The van der Waals surface area contributed by atoms with Gasteiger partial charge in [-0.05, 0) is 52.9 Å². The highest BCUT2D eigenvalue weighted by atomic mass is 79.9. The van der Waals surface area contributed by atoms with Crippen LogP contribution in [0.4, 0.5) is 4.39 Å². The number of thiophene rings is 1. The lowest BCUT2D eigenvalue weighted by Gasteiger charge is -2.08. The maximum absolute atomic E-state index is 13.1. The van der Waals surface area contributed by atoms with Crippen LogP contribution in [0.25, 0.3) is 11.6 Å². The number of carbonyl (C=O) groups excluding carboxylic acids is 1. The van der Waals surface area contributed by atoms with Crippen molar-refractivity contribution in [3.8, 4) is 0 Å². The summed E-state index contributed by atoms with van der Waals surface area (Å²) in [5.74, 6) is -0.720. The molecule has 3 rings (SSSR count). The summed E-state index contributed by atoms with van der Waals surface area (Å²) in [4.78, 5) is 13.4. The molecule has 1 heterocycles. The maximum Gasteiger partial charge on any atom is 0.339 e. The Balaban J connectivity index is 1.80. The molecule has 0 spiro atoms. The number of carbonyl (C=O) groups is 1. The Morgan fingerprint density at radius 2 is 1.80 bits per heavy atom. The lowest BCUT2D eigenvalue weighted by atomic mass is 10.1. The Morgan fingerprint density at radius 1 is 1.08 bits per heavy atom. The normalized spacial score (nSPS) is 11.4. The highest BCUT2D eigenvalue weighted by Crippen LogP contribution is 2.25. The van der Waals surface area contributed by atoms with Gasteiger partial charge in [0.15, 0.2) is 0 Å². The average molecular weight is 417 g/mol. The number of hydrogen-bond acceptors (Lipinski definition) is 3. The molecule has 0 aliphatic carbocycles. The molecule has 2 aromatic carbocycles. The summed E-state index contributed by atoms with van der Waals surface area (Å²) < 4.78 is 19.5. The molecule has 0 saturated heterocycles. The fourth-order valence-electron chi connectivity index (χ4n) is 2.20. The molecule has 0 aliphatic heterocycles. The lowest BCUT2D eigenvalue weighted by molar-refractivity contribution is -0.137. The zero-order valence-corrected chi connectivity index (χ0v) is 15.5. The van der Waals surface area contributed by atoms with Gasteiger partial charge in [-0.2, -0.15) is 0 Å². The minimum Gasteiger partial charge on any atom is -0.457 e. The van der Waals surface area contributed by atoms with Crippen LogP contribution in [0.2, 0.25) is 0 Å². The Kier molecular flexibility index (Phi) is 5.79. The van der Waals surface area contributed by atoms with E-state index in [0.717, 1.165) is 20.5 Å². The molecule has 25 heavy (non-hydrogen) atoms. The maximum atomic E-state index is 13.1. The number of halogens is 2. The predicted octanol–water partition coefficient (Wildman–Crippen LogP) is 5.93. The van der Waals surface area contributed by atoms with Crippen molar-refractivity contribution in [1.82, 2.24) is 0 Å². The van der Waals surface area contributed by atoms with Crippen LogP contribution in [0.1, 0.15) is 16.0 Å². The summed E-state index contributed by atoms with van der Waals surface area (Å²) in [5, 5.41) is 1.90. The van der Waals surface area contributed by atoms with E-state index in [1.807, 2.05) is 41.8 Å². The van der Waals surface area contributed by atoms with E-state index in [-0.39, 0.29) is 12.4 Å². The van der Waals surface area contributed by atoms with E-state index in [2.05, 4.69) is 15.9 Å². The quantitative estimate of drug-likeness (QED) is 0.380. The van der Waals surface area contributed by atoms with Crippen molar-refractivity contribution < 1.29 is 13.9 Å². The monoisotopic (exact) mass is 416 g/mol. The van der Waals surface area contributed by atoms with Crippen molar-refractivity contribution in [2.75, 3.05) is 0 Å². The summed E-state index contributed by atoms with van der Waals surface area (Å²) in [7, 11) is 0. The molecule has 0 atom stereocenters. The summed E-state index contributed by atoms with van der Waals surface area (Å²) in [6, 6.07) is 17.3. The molecule has 5 heteroatoms. The first-order valence-corrected chi connectivity index (χ1v) is 9.22. The van der Waals surface area contributed by atoms with Gasteiger partial charge in [-0.25, -0.2) is 9.18 Å². The highest BCUT2D eigenvalue weighted by Gasteiger charge is 2.15. The molecule has 0 saturated carbocycles. The molecule has 3 aromatic rings. The minimum atomic E-state index is -0.408. The second-order valence-electron chi connectivity index (χ2n) is 5.29. The first-order valence-electron chi connectivity index (χ1n) is 7.54. The zero-order valence-electron chi connectivity index (χ0n) is 13.1. The first kappa shape index (κ1) is 17.6. The summed E-state index contributed by atoms with van der Waals surface area (Å²) in [6.45, 7) is 0.193. The molecule has 0 aliphatic rings. The van der Waals surface area contributed by atoms with E-state index in [4.69, 9.17) is 4.74 Å². The van der Waals surface area contributed by atoms with Gasteiger partial charge in [0.05, 0.1) is 5.57 Å². The average Bonchev–Trinajstić information content (AvgIpc) is 3.15. The van der Waals surface area contributed by atoms with Gasteiger partial charge in [0, 0.05) is 9.35 Å². The van der Waals surface area contributed by atoms with Crippen LogP contribution in [0, 0.1) is 5.82 Å². The van der Waals surface area contributed by atoms with Crippen LogP contribution >= 0.6 is 27.3 Å². The van der Waals surface area contributed by atoms with E-state index < -0.39 is 5.97 Å². The third-order valence-corrected chi connectivity index (χ3v) is 4.90. The Labute approximate surface area is 157 Å². The fraction of sp³-hybridized carbons (Fsp3) is 0.0500. The van der Waals surface area contributed by atoms with E-state index in [9.17, 15) is 9.18 Å². The number of benzene rings is 2. The second-order valence-corrected chi connectivity index (χ2v) is 7.15. The molecule has 0 bridgehead atoms. The Bertz CT molecular complexity index is 869. The van der Waals surface area contributed by atoms with Crippen molar-refractivity contribution in [3.05, 3.63) is 92.3 Å². The van der Waals surface area contributed by atoms with Crippen LogP contribution in [-0.2, 0) is 16.1 Å². The van der Waals surface area contributed by atoms with Crippen molar-refractivity contribution in [2.24, 2.45) is 0 Å². The largest absolute Gasteiger partial charge is 0.457 e. The SMILES string of the molecule is O=C(OCc1ccc(Br)cc1)/C(=C/c1ccc(F)cc1)c1cccs1. The minimum absolute atomic E-state index is 0.193. The summed E-state index contributed by atoms with van der Waals surface area (Å²) in [5.41, 5.74) is 2.10. The lowest BCUT2D eigenvalue weighted by Crippen LogP contribution is -2.06. The summed E-state index contributed by atoms with van der Waals surface area (Å²) >= 11 is 4.83. The van der Waals surface area contributed by atoms with Gasteiger partial charge in [-0.1, -0.05) is 46.3 Å². The van der Waals surface area contributed by atoms with Crippen LogP contribution in [0.15, 0.2) is 70.5 Å². The van der Waals surface area contributed by atoms with Crippen LogP contribution in [0.5, 0.6) is 0 Å².